The van der Waals surface area contributed by atoms with Crippen LogP contribution in [0.5, 0.6) is 0 Å². The molecule has 3 aromatic carbocycles. The molecule has 0 saturated heterocycles. The number of benzene rings is 3. The molecule has 0 bridgehead atoms. The van der Waals surface area contributed by atoms with Gasteiger partial charge in [-0.3, -0.25) is 23.5 Å². The average molecular weight is 476 g/mol. The lowest BCUT2D eigenvalue weighted by molar-refractivity contribution is -0.116. The van der Waals surface area contributed by atoms with Crippen molar-refractivity contribution in [3.63, 3.8) is 0 Å². The van der Waals surface area contributed by atoms with Crippen molar-refractivity contribution < 1.29 is 4.79 Å². The van der Waals surface area contributed by atoms with Crippen LogP contribution in [0.3, 0.4) is 0 Å². The van der Waals surface area contributed by atoms with Gasteiger partial charge in [0.2, 0.25) is 5.91 Å². The van der Waals surface area contributed by atoms with Gasteiger partial charge in [-0.25, -0.2) is 0 Å². The molecule has 0 radical (unpaired) electrons. The van der Waals surface area contributed by atoms with Crippen LogP contribution < -0.4 is 16.4 Å². The molecule has 174 valence electrons. The summed E-state index contributed by atoms with van der Waals surface area (Å²) in [5.74, 6) is -0.403. The van der Waals surface area contributed by atoms with Crippen molar-refractivity contribution in [1.29, 1.82) is 0 Å². The fourth-order valence-corrected chi connectivity index (χ4v) is 4.22. The highest BCUT2D eigenvalue weighted by Crippen LogP contribution is 2.29. The SMILES string of the molecule is CC(C)(C)c1ccccc1NC(=O)Cn1c(=O)c(=O)n(Cc2ccccc2)c2ccc(Cl)cc21. The third kappa shape index (κ3) is 4.82. The molecule has 34 heavy (non-hydrogen) atoms. The maximum atomic E-state index is 13.1. The molecule has 1 amide bonds. The summed E-state index contributed by atoms with van der Waals surface area (Å²) >= 11 is 6.23. The second-order valence-electron chi connectivity index (χ2n) is 9.24. The van der Waals surface area contributed by atoms with E-state index in [-0.39, 0.29) is 18.5 Å². The molecule has 1 heterocycles. The summed E-state index contributed by atoms with van der Waals surface area (Å²) in [5.41, 5.74) is 1.84. The first kappa shape index (κ1) is 23.5. The van der Waals surface area contributed by atoms with Gasteiger partial charge in [-0.05, 0) is 40.8 Å². The van der Waals surface area contributed by atoms with E-state index in [0.29, 0.717) is 21.7 Å². The molecule has 7 heteroatoms. The van der Waals surface area contributed by atoms with E-state index < -0.39 is 17.0 Å². The molecule has 0 spiro atoms. The zero-order valence-corrected chi connectivity index (χ0v) is 20.1. The van der Waals surface area contributed by atoms with Crippen molar-refractivity contribution in [2.24, 2.45) is 0 Å². The van der Waals surface area contributed by atoms with Crippen LogP contribution in [0.1, 0.15) is 31.9 Å². The second kappa shape index (κ2) is 9.31. The highest BCUT2D eigenvalue weighted by Gasteiger charge is 2.20. The van der Waals surface area contributed by atoms with Gasteiger partial charge in [-0.2, -0.15) is 0 Å². The lowest BCUT2D eigenvalue weighted by Gasteiger charge is -2.23. The van der Waals surface area contributed by atoms with Crippen LogP contribution in [-0.2, 0) is 23.3 Å². The van der Waals surface area contributed by atoms with E-state index in [9.17, 15) is 14.4 Å². The lowest BCUT2D eigenvalue weighted by atomic mass is 9.86. The number of amides is 1. The lowest BCUT2D eigenvalue weighted by Crippen LogP contribution is -2.43. The minimum atomic E-state index is -0.773. The maximum Gasteiger partial charge on any atom is 0.317 e. The van der Waals surface area contributed by atoms with E-state index in [2.05, 4.69) is 26.1 Å². The van der Waals surface area contributed by atoms with Gasteiger partial charge >= 0.3 is 11.1 Å². The van der Waals surface area contributed by atoms with E-state index in [1.165, 1.54) is 9.13 Å². The Bertz CT molecular complexity index is 1480. The van der Waals surface area contributed by atoms with Crippen molar-refractivity contribution in [3.05, 3.63) is 110 Å². The number of rotatable bonds is 5. The topological polar surface area (TPSA) is 73.1 Å². The summed E-state index contributed by atoms with van der Waals surface area (Å²) in [6.07, 6.45) is 0. The Morgan fingerprint density at radius 1 is 0.853 bits per heavy atom. The van der Waals surface area contributed by atoms with Crippen LogP contribution in [0.15, 0.2) is 82.4 Å². The van der Waals surface area contributed by atoms with Gasteiger partial charge in [0.25, 0.3) is 0 Å². The van der Waals surface area contributed by atoms with Gasteiger partial charge in [0.05, 0.1) is 17.6 Å². The van der Waals surface area contributed by atoms with Crippen molar-refractivity contribution >= 4 is 34.2 Å². The quantitative estimate of drug-likeness (QED) is 0.421. The number of carbonyl (C=O) groups excluding carboxylic acids is 1. The van der Waals surface area contributed by atoms with Gasteiger partial charge in [0.15, 0.2) is 0 Å². The van der Waals surface area contributed by atoms with E-state index in [4.69, 9.17) is 11.6 Å². The van der Waals surface area contributed by atoms with Gasteiger partial charge in [-0.15, -0.1) is 0 Å². The third-order valence-electron chi connectivity index (χ3n) is 5.69. The monoisotopic (exact) mass is 475 g/mol. The molecule has 6 nitrogen and oxygen atoms in total. The molecule has 0 aliphatic heterocycles. The first-order valence-electron chi connectivity index (χ1n) is 11.0. The summed E-state index contributed by atoms with van der Waals surface area (Å²) in [6.45, 7) is 6.10. The predicted octanol–water partition coefficient (Wildman–Crippen LogP) is 4.80. The van der Waals surface area contributed by atoms with Crippen molar-refractivity contribution in [1.82, 2.24) is 9.13 Å². The maximum absolute atomic E-state index is 13.1. The number of para-hydroxylation sites is 1. The first-order chi connectivity index (χ1) is 16.1. The van der Waals surface area contributed by atoms with Crippen LogP contribution in [-0.4, -0.2) is 15.0 Å². The van der Waals surface area contributed by atoms with Gasteiger partial charge < -0.3 is 5.32 Å². The molecule has 0 aliphatic carbocycles. The van der Waals surface area contributed by atoms with Crippen molar-refractivity contribution in [2.75, 3.05) is 5.32 Å². The summed E-state index contributed by atoms with van der Waals surface area (Å²) in [6, 6.07) is 21.9. The van der Waals surface area contributed by atoms with Crippen LogP contribution in [0.2, 0.25) is 5.02 Å². The summed E-state index contributed by atoms with van der Waals surface area (Å²) in [4.78, 5) is 39.2. The molecule has 4 aromatic rings. The Morgan fingerprint density at radius 3 is 2.21 bits per heavy atom. The highest BCUT2D eigenvalue weighted by molar-refractivity contribution is 6.31. The standard InChI is InChI=1S/C27H26ClN3O3/c1-27(2,3)20-11-7-8-12-21(20)29-24(32)17-31-23-15-19(28)13-14-22(23)30(25(33)26(31)34)16-18-9-5-4-6-10-18/h4-15H,16-17H2,1-3H3,(H,29,32). The molecular weight excluding hydrogens is 450 g/mol. The Morgan fingerprint density at radius 2 is 1.50 bits per heavy atom. The first-order valence-corrected chi connectivity index (χ1v) is 11.4. The van der Waals surface area contributed by atoms with Gasteiger partial charge in [-0.1, -0.05) is 80.9 Å². The Labute approximate surface area is 202 Å². The molecule has 0 fully saturated rings. The highest BCUT2D eigenvalue weighted by atomic mass is 35.5. The minimum absolute atomic E-state index is 0.182. The molecule has 0 aliphatic rings. The number of anilines is 1. The molecule has 4 rings (SSSR count). The summed E-state index contributed by atoms with van der Waals surface area (Å²) in [7, 11) is 0. The number of carbonyl (C=O) groups is 1. The number of hydrogen-bond donors (Lipinski definition) is 1. The number of halogens is 1. The molecular formula is C27H26ClN3O3. The predicted molar refractivity (Wildman–Crippen MR) is 137 cm³/mol. The van der Waals surface area contributed by atoms with Gasteiger partial charge in [0.1, 0.15) is 6.54 Å². The summed E-state index contributed by atoms with van der Waals surface area (Å²) < 4.78 is 2.62. The van der Waals surface area contributed by atoms with E-state index in [1.807, 2.05) is 54.6 Å². The molecule has 1 aromatic heterocycles. The largest absolute Gasteiger partial charge is 0.324 e. The second-order valence-corrected chi connectivity index (χ2v) is 9.68. The van der Waals surface area contributed by atoms with Crippen LogP contribution in [0.25, 0.3) is 11.0 Å². The van der Waals surface area contributed by atoms with Gasteiger partial charge in [0, 0.05) is 10.7 Å². The zero-order valence-electron chi connectivity index (χ0n) is 19.3. The third-order valence-corrected chi connectivity index (χ3v) is 5.92. The fourth-order valence-electron chi connectivity index (χ4n) is 4.05. The summed E-state index contributed by atoms with van der Waals surface area (Å²) in [5, 5.41) is 3.31. The molecule has 0 unspecified atom stereocenters. The number of fused-ring (bicyclic) bond motifs is 1. The Balaban J connectivity index is 1.76. The Hall–Kier alpha value is -3.64. The van der Waals surface area contributed by atoms with Crippen LogP contribution in [0, 0.1) is 0 Å². The number of hydrogen-bond acceptors (Lipinski definition) is 3. The van der Waals surface area contributed by atoms with Crippen LogP contribution >= 0.6 is 11.6 Å². The molecule has 0 saturated carbocycles. The molecule has 0 atom stereocenters. The van der Waals surface area contributed by atoms with Crippen molar-refractivity contribution in [2.45, 2.75) is 39.3 Å². The Kier molecular flexibility index (Phi) is 6.44. The number of aromatic nitrogens is 2. The number of nitrogens with zero attached hydrogens (tertiary/aromatic N) is 2. The van der Waals surface area contributed by atoms with Crippen LogP contribution in [0.4, 0.5) is 5.69 Å². The van der Waals surface area contributed by atoms with E-state index >= 15 is 0 Å². The zero-order chi connectivity index (χ0) is 24.5. The van der Waals surface area contributed by atoms with Crippen molar-refractivity contribution in [3.8, 4) is 0 Å². The molecule has 1 N–H and O–H groups in total. The number of nitrogens with one attached hydrogen (secondary N) is 1. The average Bonchev–Trinajstić information content (AvgIpc) is 2.80. The minimum Gasteiger partial charge on any atom is -0.324 e. The van der Waals surface area contributed by atoms with E-state index in [1.54, 1.807) is 18.2 Å². The smallest absolute Gasteiger partial charge is 0.317 e. The van der Waals surface area contributed by atoms with E-state index in [0.717, 1.165) is 11.1 Å². The fraction of sp³-hybridized carbons (Fsp3) is 0.222. The normalized spacial score (nSPS) is 11.5.